The number of halogens is 1. The van der Waals surface area contributed by atoms with Gasteiger partial charge in [-0.1, -0.05) is 29.4 Å². The summed E-state index contributed by atoms with van der Waals surface area (Å²) in [6.45, 7) is 5.54. The third-order valence-electron chi connectivity index (χ3n) is 6.09. The molecule has 8 nitrogen and oxygen atoms in total. The molecule has 0 radical (unpaired) electrons. The molecule has 1 aliphatic rings. The maximum atomic E-state index is 13.0. The number of benzene rings is 1. The number of carbonyl (C=O) groups is 1. The molecule has 176 valence electrons. The average Bonchev–Trinajstić information content (AvgIpc) is 3.54. The van der Waals surface area contributed by atoms with Crippen LogP contribution >= 0.6 is 23.4 Å². The number of nitrogens with one attached hydrogen (secondary N) is 1. The monoisotopic (exact) mass is 497 g/mol. The van der Waals surface area contributed by atoms with E-state index in [0.717, 1.165) is 37.4 Å². The second kappa shape index (κ2) is 9.40. The van der Waals surface area contributed by atoms with Crippen LogP contribution in [0.2, 0.25) is 5.02 Å². The van der Waals surface area contributed by atoms with Crippen molar-refractivity contribution < 1.29 is 9.53 Å². The van der Waals surface area contributed by atoms with E-state index in [9.17, 15) is 9.59 Å². The lowest BCUT2D eigenvalue weighted by Crippen LogP contribution is -2.17. The Bertz CT molecular complexity index is 1430. The third-order valence-corrected chi connectivity index (χ3v) is 7.20. The van der Waals surface area contributed by atoms with Crippen LogP contribution in [0.4, 0.5) is 0 Å². The highest BCUT2D eigenvalue weighted by Crippen LogP contribution is 2.24. The molecule has 1 N–H and O–H groups in total. The molecule has 0 bridgehead atoms. The van der Waals surface area contributed by atoms with Gasteiger partial charge in [-0.05, 0) is 51.0 Å². The number of carbonyl (C=O) groups excluding carboxylic acids is 1. The van der Waals surface area contributed by atoms with Gasteiger partial charge in [-0.15, -0.1) is 0 Å². The minimum Gasteiger partial charge on any atom is -0.376 e. The van der Waals surface area contributed by atoms with Crippen molar-refractivity contribution in [3.05, 3.63) is 68.9 Å². The molecule has 4 heterocycles. The molecule has 3 aromatic heterocycles. The molecule has 34 heavy (non-hydrogen) atoms. The van der Waals surface area contributed by atoms with Gasteiger partial charge < -0.3 is 14.3 Å². The molecule has 1 aliphatic heterocycles. The minimum absolute atomic E-state index is 0.0113. The second-order valence-electron chi connectivity index (χ2n) is 8.39. The zero-order chi connectivity index (χ0) is 23.8. The number of rotatable bonds is 7. The average molecular weight is 498 g/mol. The van der Waals surface area contributed by atoms with Crippen molar-refractivity contribution in [2.45, 2.75) is 44.5 Å². The zero-order valence-electron chi connectivity index (χ0n) is 18.9. The predicted molar refractivity (Wildman–Crippen MR) is 132 cm³/mol. The van der Waals surface area contributed by atoms with Crippen LogP contribution in [-0.4, -0.2) is 48.6 Å². The number of ketones is 1. The smallest absolute Gasteiger partial charge is 0.262 e. The molecule has 0 amide bonds. The van der Waals surface area contributed by atoms with Gasteiger partial charge in [0.2, 0.25) is 0 Å². The first-order valence-corrected chi connectivity index (χ1v) is 12.5. The van der Waals surface area contributed by atoms with E-state index in [1.54, 1.807) is 16.8 Å². The maximum Gasteiger partial charge on any atom is 0.262 e. The third kappa shape index (κ3) is 4.43. The molecule has 1 unspecified atom stereocenters. The number of aromatic nitrogens is 5. The zero-order valence-corrected chi connectivity index (χ0v) is 20.4. The van der Waals surface area contributed by atoms with Gasteiger partial charge in [-0.3, -0.25) is 9.59 Å². The molecular weight excluding hydrogens is 474 g/mol. The largest absolute Gasteiger partial charge is 0.376 e. The molecule has 1 atom stereocenters. The Morgan fingerprint density at radius 2 is 2.18 bits per heavy atom. The van der Waals surface area contributed by atoms with Gasteiger partial charge >= 0.3 is 0 Å². The summed E-state index contributed by atoms with van der Waals surface area (Å²) < 4.78 is 9.49. The highest BCUT2D eigenvalue weighted by molar-refractivity contribution is 7.99. The highest BCUT2D eigenvalue weighted by Gasteiger charge is 2.21. The molecule has 1 aromatic carbocycles. The standard InChI is InChI=1S/C24H24ClN5O3S/c1-14-9-19(15(2)29(14)12-18-7-4-8-33-18)21(31)13-34-24-27-22-20(23(32)28-24)11-26-30(22)17-6-3-5-16(25)10-17/h3,5-6,9-11,18H,4,7-8,12-13H2,1-2H3,(H,27,28,32). The van der Waals surface area contributed by atoms with Gasteiger partial charge in [0.1, 0.15) is 5.39 Å². The summed E-state index contributed by atoms with van der Waals surface area (Å²) in [6, 6.07) is 9.09. The molecular formula is C24H24ClN5O3S. The van der Waals surface area contributed by atoms with Crippen molar-refractivity contribution in [2.24, 2.45) is 0 Å². The number of fused-ring (bicyclic) bond motifs is 1. The van der Waals surface area contributed by atoms with E-state index in [1.807, 2.05) is 32.0 Å². The van der Waals surface area contributed by atoms with Crippen molar-refractivity contribution in [1.29, 1.82) is 0 Å². The van der Waals surface area contributed by atoms with E-state index in [0.29, 0.717) is 32.5 Å². The number of aromatic amines is 1. The lowest BCUT2D eigenvalue weighted by atomic mass is 10.2. The number of hydrogen-bond acceptors (Lipinski definition) is 6. The Balaban J connectivity index is 1.36. The first-order valence-electron chi connectivity index (χ1n) is 11.1. The summed E-state index contributed by atoms with van der Waals surface area (Å²) in [5, 5.41) is 5.59. The molecule has 0 spiro atoms. The van der Waals surface area contributed by atoms with Crippen molar-refractivity contribution in [2.75, 3.05) is 12.4 Å². The van der Waals surface area contributed by atoms with Crippen LogP contribution in [0.1, 0.15) is 34.6 Å². The van der Waals surface area contributed by atoms with Crippen molar-refractivity contribution in [3.8, 4) is 5.69 Å². The second-order valence-corrected chi connectivity index (χ2v) is 9.79. The summed E-state index contributed by atoms with van der Waals surface area (Å²) >= 11 is 7.31. The summed E-state index contributed by atoms with van der Waals surface area (Å²) in [5.74, 6) is 0.145. The number of aryl methyl sites for hydroxylation is 1. The molecule has 10 heteroatoms. The van der Waals surface area contributed by atoms with Crippen LogP contribution in [0.5, 0.6) is 0 Å². The summed E-state index contributed by atoms with van der Waals surface area (Å²) in [4.78, 5) is 33.0. The molecule has 4 aromatic rings. The fraction of sp³-hybridized carbons (Fsp3) is 0.333. The molecule has 0 saturated carbocycles. The number of ether oxygens (including phenoxy) is 1. The van der Waals surface area contributed by atoms with Crippen LogP contribution in [-0.2, 0) is 11.3 Å². The Morgan fingerprint density at radius 3 is 2.94 bits per heavy atom. The van der Waals surface area contributed by atoms with Crippen LogP contribution in [0.3, 0.4) is 0 Å². The normalized spacial score (nSPS) is 15.9. The van der Waals surface area contributed by atoms with Gasteiger partial charge in [0, 0.05) is 35.1 Å². The van der Waals surface area contributed by atoms with E-state index in [4.69, 9.17) is 16.3 Å². The predicted octanol–water partition coefficient (Wildman–Crippen LogP) is 4.33. The number of nitrogens with zero attached hydrogens (tertiary/aromatic N) is 4. The lowest BCUT2D eigenvalue weighted by molar-refractivity contribution is 0.0957. The quantitative estimate of drug-likeness (QED) is 0.232. The summed E-state index contributed by atoms with van der Waals surface area (Å²) in [5.41, 5.74) is 3.48. The highest BCUT2D eigenvalue weighted by atomic mass is 35.5. The fourth-order valence-corrected chi connectivity index (χ4v) is 5.26. The first-order chi connectivity index (χ1) is 16.4. The van der Waals surface area contributed by atoms with Crippen molar-refractivity contribution in [3.63, 3.8) is 0 Å². The summed E-state index contributed by atoms with van der Waals surface area (Å²) in [6.07, 6.45) is 3.80. The van der Waals surface area contributed by atoms with Gasteiger partial charge in [0.05, 0.1) is 23.7 Å². The lowest BCUT2D eigenvalue weighted by Gasteiger charge is -2.14. The molecule has 0 aliphatic carbocycles. The Labute approximate surface area is 205 Å². The van der Waals surface area contributed by atoms with Crippen molar-refractivity contribution >= 4 is 40.2 Å². The summed E-state index contributed by atoms with van der Waals surface area (Å²) in [7, 11) is 0. The van der Waals surface area contributed by atoms with E-state index >= 15 is 0 Å². The Hall–Kier alpha value is -2.88. The number of hydrogen-bond donors (Lipinski definition) is 1. The molecule has 1 fully saturated rings. The number of thioether (sulfide) groups is 1. The van der Waals surface area contributed by atoms with E-state index in [1.165, 1.54) is 18.0 Å². The van der Waals surface area contributed by atoms with Crippen LogP contribution in [0.15, 0.2) is 46.5 Å². The van der Waals surface area contributed by atoms with E-state index in [-0.39, 0.29) is 23.2 Å². The van der Waals surface area contributed by atoms with E-state index < -0.39 is 0 Å². The van der Waals surface area contributed by atoms with Crippen molar-refractivity contribution in [1.82, 2.24) is 24.3 Å². The first kappa shape index (κ1) is 22.9. The van der Waals surface area contributed by atoms with Crippen LogP contribution in [0, 0.1) is 13.8 Å². The maximum absolute atomic E-state index is 13.0. The topological polar surface area (TPSA) is 94.8 Å². The van der Waals surface area contributed by atoms with Gasteiger partial charge in [0.15, 0.2) is 16.6 Å². The van der Waals surface area contributed by atoms with E-state index in [2.05, 4.69) is 19.6 Å². The van der Waals surface area contributed by atoms with Crippen LogP contribution < -0.4 is 5.56 Å². The fourth-order valence-electron chi connectivity index (χ4n) is 4.33. The van der Waals surface area contributed by atoms with Crippen LogP contribution in [0.25, 0.3) is 16.7 Å². The Morgan fingerprint density at radius 1 is 1.32 bits per heavy atom. The van der Waals surface area contributed by atoms with Gasteiger partial charge in [-0.25, -0.2) is 9.67 Å². The number of H-pyrrole nitrogens is 1. The number of Topliss-reactive ketones (excluding diaryl/α,β-unsaturated/α-hetero) is 1. The SMILES string of the molecule is Cc1cc(C(=O)CSc2nc3c(cnn3-c3cccc(Cl)c3)c(=O)[nH]2)c(C)n1CC1CCCO1. The Kier molecular flexibility index (Phi) is 6.33. The molecule has 1 saturated heterocycles. The molecule has 5 rings (SSSR count). The van der Waals surface area contributed by atoms with Gasteiger partial charge in [-0.2, -0.15) is 5.10 Å². The minimum atomic E-state index is -0.303. The van der Waals surface area contributed by atoms with Gasteiger partial charge in [0.25, 0.3) is 5.56 Å².